The molecule has 0 unspecified atom stereocenters. The third-order valence-electron chi connectivity index (χ3n) is 5.76. The molecule has 0 radical (unpaired) electrons. The van der Waals surface area contributed by atoms with Gasteiger partial charge in [-0.1, -0.05) is 0 Å². The summed E-state index contributed by atoms with van der Waals surface area (Å²) < 4.78 is 30.4. The summed E-state index contributed by atoms with van der Waals surface area (Å²) in [6.07, 6.45) is 7.25. The molecular formula is C15H28N2O3S. The van der Waals surface area contributed by atoms with Gasteiger partial charge in [-0.25, -0.2) is 12.7 Å². The molecule has 2 heterocycles. The van der Waals surface area contributed by atoms with E-state index in [0.29, 0.717) is 12.0 Å². The molecule has 0 aromatic rings. The topological polar surface area (TPSA) is 49.9 Å². The predicted molar refractivity (Wildman–Crippen MR) is 82.7 cm³/mol. The zero-order chi connectivity index (χ0) is 15.1. The van der Waals surface area contributed by atoms with E-state index >= 15 is 0 Å². The minimum Gasteiger partial charge on any atom is -0.384 e. The molecule has 122 valence electrons. The Labute approximate surface area is 128 Å². The molecule has 0 aromatic carbocycles. The van der Waals surface area contributed by atoms with Gasteiger partial charge in [0.25, 0.3) is 0 Å². The van der Waals surface area contributed by atoms with Crippen LogP contribution in [0.4, 0.5) is 0 Å². The average molecular weight is 316 g/mol. The van der Waals surface area contributed by atoms with Gasteiger partial charge < -0.3 is 9.64 Å². The molecule has 1 saturated carbocycles. The molecule has 2 aliphatic heterocycles. The van der Waals surface area contributed by atoms with E-state index in [1.165, 1.54) is 19.1 Å². The summed E-state index contributed by atoms with van der Waals surface area (Å²) in [7, 11) is -1.22. The quantitative estimate of drug-likeness (QED) is 0.764. The Morgan fingerprint density at radius 1 is 1.05 bits per heavy atom. The highest BCUT2D eigenvalue weighted by molar-refractivity contribution is 7.88. The minimum atomic E-state index is -3.01. The normalized spacial score (nSPS) is 29.0. The van der Waals surface area contributed by atoms with Crippen LogP contribution in [0.1, 0.15) is 32.1 Å². The van der Waals surface area contributed by atoms with Crippen molar-refractivity contribution in [2.45, 2.75) is 32.1 Å². The molecule has 2 saturated heterocycles. The Bertz CT molecular complexity index is 479. The van der Waals surface area contributed by atoms with Crippen LogP contribution in [-0.2, 0) is 14.8 Å². The van der Waals surface area contributed by atoms with Crippen LogP contribution < -0.4 is 0 Å². The fourth-order valence-corrected chi connectivity index (χ4v) is 5.01. The molecule has 3 aliphatic rings. The number of methoxy groups -OCH3 is 1. The van der Waals surface area contributed by atoms with Crippen molar-refractivity contribution in [3.05, 3.63) is 0 Å². The number of piperidine rings is 1. The summed E-state index contributed by atoms with van der Waals surface area (Å²) >= 11 is 0. The Hall–Kier alpha value is -0.170. The van der Waals surface area contributed by atoms with Gasteiger partial charge in [0.15, 0.2) is 0 Å². The van der Waals surface area contributed by atoms with Crippen molar-refractivity contribution < 1.29 is 13.2 Å². The largest absolute Gasteiger partial charge is 0.384 e. The van der Waals surface area contributed by atoms with Gasteiger partial charge in [0.1, 0.15) is 0 Å². The van der Waals surface area contributed by atoms with Crippen molar-refractivity contribution in [3.63, 3.8) is 0 Å². The van der Waals surface area contributed by atoms with Gasteiger partial charge in [-0.3, -0.25) is 0 Å². The van der Waals surface area contributed by atoms with E-state index < -0.39 is 10.0 Å². The van der Waals surface area contributed by atoms with Gasteiger partial charge in [0.05, 0.1) is 12.9 Å². The molecule has 0 atom stereocenters. The smallest absolute Gasteiger partial charge is 0.211 e. The van der Waals surface area contributed by atoms with Crippen molar-refractivity contribution in [1.29, 1.82) is 0 Å². The molecule has 0 amide bonds. The van der Waals surface area contributed by atoms with Gasteiger partial charge in [-0.15, -0.1) is 0 Å². The van der Waals surface area contributed by atoms with Crippen LogP contribution in [0.15, 0.2) is 0 Å². The highest BCUT2D eigenvalue weighted by Crippen LogP contribution is 2.48. The molecule has 0 bridgehead atoms. The number of sulfonamides is 1. The average Bonchev–Trinajstić information content (AvgIpc) is 3.03. The van der Waals surface area contributed by atoms with Crippen LogP contribution >= 0.6 is 0 Å². The maximum Gasteiger partial charge on any atom is 0.211 e. The highest BCUT2D eigenvalue weighted by atomic mass is 32.2. The molecule has 0 N–H and O–H groups in total. The first-order valence-electron chi connectivity index (χ1n) is 8.03. The van der Waals surface area contributed by atoms with Gasteiger partial charge >= 0.3 is 0 Å². The van der Waals surface area contributed by atoms with Gasteiger partial charge in [-0.2, -0.15) is 0 Å². The van der Waals surface area contributed by atoms with Crippen molar-refractivity contribution in [1.82, 2.24) is 9.21 Å². The maximum absolute atomic E-state index is 11.7. The van der Waals surface area contributed by atoms with E-state index in [0.717, 1.165) is 52.0 Å². The molecule has 1 spiro atoms. The van der Waals surface area contributed by atoms with E-state index in [-0.39, 0.29) is 5.41 Å². The first kappa shape index (κ1) is 15.7. The van der Waals surface area contributed by atoms with Crippen LogP contribution in [0.3, 0.4) is 0 Å². The zero-order valence-corrected chi connectivity index (χ0v) is 14.1. The molecule has 21 heavy (non-hydrogen) atoms. The standard InChI is InChI=1S/C15H28N2O3S/c1-20-13-15(3-4-15)11-16-8-5-14(6-9-16)7-10-17(12-14)21(2,18)19/h3-13H2,1-2H3. The van der Waals surface area contributed by atoms with Crippen molar-refractivity contribution in [2.75, 3.05) is 52.7 Å². The summed E-state index contributed by atoms with van der Waals surface area (Å²) in [6.45, 7) is 5.73. The fourth-order valence-electron chi connectivity index (χ4n) is 4.08. The van der Waals surface area contributed by atoms with E-state index in [2.05, 4.69) is 4.90 Å². The first-order chi connectivity index (χ1) is 9.87. The molecule has 5 nitrogen and oxygen atoms in total. The number of rotatable bonds is 5. The highest BCUT2D eigenvalue weighted by Gasteiger charge is 2.47. The lowest BCUT2D eigenvalue weighted by atomic mass is 9.77. The first-order valence-corrected chi connectivity index (χ1v) is 9.88. The SMILES string of the molecule is COCC1(CN2CCC3(CC2)CCN(S(C)(=O)=O)C3)CC1. The Morgan fingerprint density at radius 2 is 1.67 bits per heavy atom. The number of nitrogens with zero attached hydrogens (tertiary/aromatic N) is 2. The third-order valence-corrected chi connectivity index (χ3v) is 7.01. The molecule has 6 heteroatoms. The fraction of sp³-hybridized carbons (Fsp3) is 1.00. The summed E-state index contributed by atoms with van der Waals surface area (Å²) in [5.74, 6) is 0. The van der Waals surface area contributed by atoms with E-state index in [1.807, 2.05) is 0 Å². The molecule has 0 aromatic heterocycles. The number of hydrogen-bond acceptors (Lipinski definition) is 4. The van der Waals surface area contributed by atoms with E-state index in [4.69, 9.17) is 4.74 Å². The number of likely N-dealkylation sites (tertiary alicyclic amines) is 1. The van der Waals surface area contributed by atoms with Crippen molar-refractivity contribution in [2.24, 2.45) is 10.8 Å². The lowest BCUT2D eigenvalue weighted by Crippen LogP contribution is -2.44. The summed E-state index contributed by atoms with van der Waals surface area (Å²) in [6, 6.07) is 0. The summed E-state index contributed by atoms with van der Waals surface area (Å²) in [4.78, 5) is 2.57. The number of hydrogen-bond donors (Lipinski definition) is 0. The van der Waals surface area contributed by atoms with Gasteiger partial charge in [0, 0.05) is 32.2 Å². The summed E-state index contributed by atoms with van der Waals surface area (Å²) in [5.41, 5.74) is 0.672. The third kappa shape index (κ3) is 3.44. The Morgan fingerprint density at radius 3 is 2.14 bits per heavy atom. The maximum atomic E-state index is 11.7. The van der Waals surface area contributed by atoms with Crippen LogP contribution in [0.5, 0.6) is 0 Å². The van der Waals surface area contributed by atoms with E-state index in [1.54, 1.807) is 11.4 Å². The van der Waals surface area contributed by atoms with Crippen molar-refractivity contribution in [3.8, 4) is 0 Å². The van der Waals surface area contributed by atoms with Gasteiger partial charge in [0.2, 0.25) is 10.0 Å². The minimum absolute atomic E-state index is 0.248. The zero-order valence-electron chi connectivity index (χ0n) is 13.3. The van der Waals surface area contributed by atoms with Crippen LogP contribution in [-0.4, -0.2) is 70.3 Å². The lowest BCUT2D eigenvalue weighted by Gasteiger charge is -2.40. The Balaban J connectivity index is 1.52. The monoisotopic (exact) mass is 316 g/mol. The van der Waals surface area contributed by atoms with Crippen molar-refractivity contribution >= 4 is 10.0 Å². The van der Waals surface area contributed by atoms with Crippen LogP contribution in [0.25, 0.3) is 0 Å². The molecule has 3 fully saturated rings. The summed E-state index contributed by atoms with van der Waals surface area (Å²) in [5, 5.41) is 0. The van der Waals surface area contributed by atoms with Crippen LogP contribution in [0, 0.1) is 10.8 Å². The van der Waals surface area contributed by atoms with E-state index in [9.17, 15) is 8.42 Å². The molecule has 1 aliphatic carbocycles. The second kappa shape index (κ2) is 5.48. The van der Waals surface area contributed by atoms with Crippen LogP contribution in [0.2, 0.25) is 0 Å². The number of ether oxygens (including phenoxy) is 1. The van der Waals surface area contributed by atoms with Gasteiger partial charge in [-0.05, 0) is 50.6 Å². The second-order valence-electron chi connectivity index (χ2n) is 7.56. The predicted octanol–water partition coefficient (Wildman–Crippen LogP) is 1.16. The molecular weight excluding hydrogens is 288 g/mol. The molecule has 3 rings (SSSR count). The second-order valence-corrected chi connectivity index (χ2v) is 9.54. The lowest BCUT2D eigenvalue weighted by molar-refractivity contribution is 0.0674. The Kier molecular flexibility index (Phi) is 4.10.